The van der Waals surface area contributed by atoms with Crippen LogP contribution in [0.2, 0.25) is 0 Å². The van der Waals surface area contributed by atoms with E-state index in [2.05, 4.69) is 29.4 Å². The molecule has 0 aliphatic carbocycles. The molecule has 0 spiro atoms. The first-order chi connectivity index (χ1) is 11.5. The number of aromatic amines is 1. The summed E-state index contributed by atoms with van der Waals surface area (Å²) in [6.07, 6.45) is 1.15. The van der Waals surface area contributed by atoms with Crippen LogP contribution in [0.3, 0.4) is 0 Å². The summed E-state index contributed by atoms with van der Waals surface area (Å²) in [5, 5.41) is 10.7. The molecule has 3 aromatic rings. The fourth-order valence-electron chi connectivity index (χ4n) is 2.57. The maximum Gasteiger partial charge on any atom is 0.265 e. The predicted octanol–water partition coefficient (Wildman–Crippen LogP) is 4.09. The van der Waals surface area contributed by atoms with Gasteiger partial charge in [0.1, 0.15) is 5.75 Å². The normalized spacial score (nSPS) is 12.3. The molecule has 0 saturated carbocycles. The Hall–Kier alpha value is -2.82. The predicted molar refractivity (Wildman–Crippen MR) is 95.3 cm³/mol. The van der Waals surface area contributed by atoms with Crippen LogP contribution in [0.4, 0.5) is 5.69 Å². The molecule has 2 aromatic carbocycles. The van der Waals surface area contributed by atoms with Crippen LogP contribution in [0.1, 0.15) is 32.3 Å². The highest BCUT2D eigenvalue weighted by molar-refractivity contribution is 5.96. The van der Waals surface area contributed by atoms with Gasteiger partial charge in [0.2, 0.25) is 0 Å². The van der Waals surface area contributed by atoms with Crippen LogP contribution >= 0.6 is 0 Å². The van der Waals surface area contributed by atoms with Gasteiger partial charge in [0, 0.05) is 11.1 Å². The number of H-pyrrole nitrogens is 1. The van der Waals surface area contributed by atoms with Gasteiger partial charge in [-0.25, -0.2) is 0 Å². The number of anilines is 1. The maximum absolute atomic E-state index is 12.4. The molecule has 0 aliphatic heterocycles. The number of amides is 1. The van der Waals surface area contributed by atoms with Gasteiger partial charge in [0.05, 0.1) is 11.7 Å². The topological polar surface area (TPSA) is 67.0 Å². The van der Waals surface area contributed by atoms with Gasteiger partial charge >= 0.3 is 0 Å². The highest BCUT2D eigenvalue weighted by atomic mass is 16.5. The van der Waals surface area contributed by atoms with Crippen molar-refractivity contribution in [3.05, 3.63) is 54.2 Å². The second-order valence-electron chi connectivity index (χ2n) is 6.11. The molecule has 2 N–H and O–H groups in total. The molecule has 5 heteroatoms. The van der Waals surface area contributed by atoms with Crippen LogP contribution in [0, 0.1) is 0 Å². The van der Waals surface area contributed by atoms with Crippen LogP contribution in [0.15, 0.2) is 48.7 Å². The van der Waals surface area contributed by atoms with Crippen molar-refractivity contribution < 1.29 is 9.53 Å². The number of hydrogen-bond donors (Lipinski definition) is 2. The first kappa shape index (κ1) is 16.1. The van der Waals surface area contributed by atoms with E-state index in [0.29, 0.717) is 11.6 Å². The van der Waals surface area contributed by atoms with E-state index in [4.69, 9.17) is 4.74 Å². The zero-order valence-corrected chi connectivity index (χ0v) is 14.0. The number of fused-ring (bicyclic) bond motifs is 1. The zero-order chi connectivity index (χ0) is 17.1. The number of ether oxygens (including phenoxy) is 1. The summed E-state index contributed by atoms with van der Waals surface area (Å²) >= 11 is 0. The number of aromatic nitrogens is 2. The number of benzene rings is 2. The smallest absolute Gasteiger partial charge is 0.265 e. The molecule has 1 amide bonds. The number of carbonyl (C=O) groups excluding carboxylic acids is 1. The van der Waals surface area contributed by atoms with Gasteiger partial charge in [-0.15, -0.1) is 0 Å². The molecular weight excluding hydrogens is 302 g/mol. The van der Waals surface area contributed by atoms with Gasteiger partial charge in [0.25, 0.3) is 5.91 Å². The average Bonchev–Trinajstić information content (AvgIpc) is 3.02. The van der Waals surface area contributed by atoms with Gasteiger partial charge < -0.3 is 10.1 Å². The molecule has 0 radical (unpaired) electrons. The third-order valence-electron chi connectivity index (χ3n) is 3.92. The molecule has 24 heavy (non-hydrogen) atoms. The van der Waals surface area contributed by atoms with Gasteiger partial charge in [-0.05, 0) is 42.7 Å². The lowest BCUT2D eigenvalue weighted by molar-refractivity contribution is -0.122. The summed E-state index contributed by atoms with van der Waals surface area (Å²) in [5.41, 5.74) is 2.69. The molecule has 5 nitrogen and oxygen atoms in total. The number of nitrogens with zero attached hydrogens (tertiary/aromatic N) is 1. The summed E-state index contributed by atoms with van der Waals surface area (Å²) in [4.78, 5) is 12.4. The van der Waals surface area contributed by atoms with Gasteiger partial charge in [-0.2, -0.15) is 5.10 Å². The van der Waals surface area contributed by atoms with Crippen LogP contribution in [-0.4, -0.2) is 22.2 Å². The minimum atomic E-state index is -0.595. The van der Waals surface area contributed by atoms with Gasteiger partial charge in [-0.1, -0.05) is 32.0 Å². The van der Waals surface area contributed by atoms with Gasteiger partial charge in [-0.3, -0.25) is 9.89 Å². The molecule has 1 unspecified atom stereocenters. The van der Waals surface area contributed by atoms with Crippen molar-refractivity contribution in [3.63, 3.8) is 0 Å². The summed E-state index contributed by atoms with van der Waals surface area (Å²) in [5.74, 6) is 0.894. The number of hydrogen-bond acceptors (Lipinski definition) is 3. The molecule has 1 aromatic heterocycles. The molecule has 1 atom stereocenters. The Balaban J connectivity index is 1.70. The largest absolute Gasteiger partial charge is 0.481 e. The van der Waals surface area contributed by atoms with E-state index < -0.39 is 6.10 Å². The van der Waals surface area contributed by atoms with E-state index >= 15 is 0 Å². The van der Waals surface area contributed by atoms with E-state index in [1.807, 2.05) is 42.5 Å². The lowest BCUT2D eigenvalue weighted by Gasteiger charge is -2.18. The number of carbonyl (C=O) groups is 1. The van der Waals surface area contributed by atoms with Crippen LogP contribution in [0.25, 0.3) is 10.9 Å². The lowest BCUT2D eigenvalue weighted by atomic mass is 10.0. The molecule has 0 aliphatic rings. The monoisotopic (exact) mass is 323 g/mol. The second-order valence-corrected chi connectivity index (χ2v) is 6.11. The summed E-state index contributed by atoms with van der Waals surface area (Å²) in [6, 6.07) is 13.4. The van der Waals surface area contributed by atoms with Crippen molar-refractivity contribution in [2.24, 2.45) is 0 Å². The Labute approximate surface area is 141 Å². The SMILES string of the molecule is CC(Oc1ccccc1C(C)C)C(=O)Nc1ccc2cn[nH]c2c1. The van der Waals surface area contributed by atoms with Gasteiger partial charge in [0.15, 0.2) is 6.10 Å². The minimum Gasteiger partial charge on any atom is -0.481 e. The molecular formula is C19H21N3O2. The Morgan fingerprint density at radius 1 is 1.17 bits per heavy atom. The van der Waals surface area contributed by atoms with Crippen molar-refractivity contribution in [2.75, 3.05) is 5.32 Å². The average molecular weight is 323 g/mol. The Morgan fingerprint density at radius 3 is 2.75 bits per heavy atom. The van der Waals surface area contributed by atoms with Crippen molar-refractivity contribution >= 4 is 22.5 Å². The molecule has 1 heterocycles. The first-order valence-corrected chi connectivity index (χ1v) is 8.04. The number of rotatable bonds is 5. The molecule has 3 rings (SSSR count). The van der Waals surface area contributed by atoms with Crippen molar-refractivity contribution in [1.29, 1.82) is 0 Å². The fraction of sp³-hybridized carbons (Fsp3) is 0.263. The van der Waals surface area contributed by atoms with E-state index in [1.165, 1.54) is 0 Å². The van der Waals surface area contributed by atoms with E-state index in [-0.39, 0.29) is 5.91 Å². The Morgan fingerprint density at radius 2 is 1.96 bits per heavy atom. The highest BCUT2D eigenvalue weighted by Gasteiger charge is 2.17. The quantitative estimate of drug-likeness (QED) is 0.743. The molecule has 0 bridgehead atoms. The number of para-hydroxylation sites is 1. The van der Waals surface area contributed by atoms with Crippen molar-refractivity contribution in [3.8, 4) is 5.75 Å². The summed E-state index contributed by atoms with van der Waals surface area (Å²) in [6.45, 7) is 5.96. The highest BCUT2D eigenvalue weighted by Crippen LogP contribution is 2.27. The van der Waals surface area contributed by atoms with E-state index in [0.717, 1.165) is 22.2 Å². The molecule has 0 fully saturated rings. The lowest BCUT2D eigenvalue weighted by Crippen LogP contribution is -2.30. The van der Waals surface area contributed by atoms with Crippen LogP contribution < -0.4 is 10.1 Å². The number of nitrogens with one attached hydrogen (secondary N) is 2. The zero-order valence-electron chi connectivity index (χ0n) is 14.0. The van der Waals surface area contributed by atoms with Crippen LogP contribution in [0.5, 0.6) is 5.75 Å². The maximum atomic E-state index is 12.4. The second kappa shape index (κ2) is 6.74. The van der Waals surface area contributed by atoms with E-state index in [9.17, 15) is 4.79 Å². The van der Waals surface area contributed by atoms with Crippen molar-refractivity contribution in [2.45, 2.75) is 32.8 Å². The minimum absolute atomic E-state index is 0.188. The third-order valence-corrected chi connectivity index (χ3v) is 3.92. The molecule has 124 valence electrons. The van der Waals surface area contributed by atoms with Crippen molar-refractivity contribution in [1.82, 2.24) is 10.2 Å². The third kappa shape index (κ3) is 3.40. The fourth-order valence-corrected chi connectivity index (χ4v) is 2.57. The summed E-state index contributed by atoms with van der Waals surface area (Å²) < 4.78 is 5.88. The van der Waals surface area contributed by atoms with Crippen LogP contribution in [-0.2, 0) is 4.79 Å². The first-order valence-electron chi connectivity index (χ1n) is 8.04. The molecule has 0 saturated heterocycles. The Bertz CT molecular complexity index is 854. The summed E-state index contributed by atoms with van der Waals surface area (Å²) in [7, 11) is 0. The standard InChI is InChI=1S/C19H21N3O2/c1-12(2)16-6-4-5-7-18(16)24-13(3)19(23)21-15-9-8-14-11-20-22-17(14)10-15/h4-13H,1-3H3,(H,20,22)(H,21,23). The Kier molecular flexibility index (Phi) is 4.51. The van der Waals surface area contributed by atoms with E-state index in [1.54, 1.807) is 13.1 Å².